The minimum atomic E-state index is 0.263. The molecule has 0 amide bonds. The molecule has 0 aromatic heterocycles. The molecule has 1 aliphatic rings. The molecule has 0 saturated carbocycles. The molecule has 14 heavy (non-hydrogen) atoms. The van der Waals surface area contributed by atoms with E-state index in [-0.39, 0.29) is 5.92 Å². The molecule has 0 bridgehead atoms. The van der Waals surface area contributed by atoms with E-state index in [1.807, 2.05) is 0 Å². The lowest BCUT2D eigenvalue weighted by Crippen LogP contribution is -2.12. The highest BCUT2D eigenvalue weighted by Crippen LogP contribution is 2.24. The molecule has 0 heterocycles. The van der Waals surface area contributed by atoms with Crippen LogP contribution in [-0.4, -0.2) is 5.78 Å². The van der Waals surface area contributed by atoms with Crippen LogP contribution in [0.3, 0.4) is 0 Å². The summed E-state index contributed by atoms with van der Waals surface area (Å²) >= 11 is 0. The van der Waals surface area contributed by atoms with Gasteiger partial charge in [-0.05, 0) is 43.7 Å². The van der Waals surface area contributed by atoms with Crippen molar-refractivity contribution in [2.24, 2.45) is 5.92 Å². The van der Waals surface area contributed by atoms with Crippen LogP contribution in [0, 0.1) is 5.92 Å². The van der Waals surface area contributed by atoms with E-state index < -0.39 is 0 Å². The van der Waals surface area contributed by atoms with E-state index in [4.69, 9.17) is 0 Å². The number of ketones is 1. The van der Waals surface area contributed by atoms with Crippen LogP contribution < -0.4 is 0 Å². The van der Waals surface area contributed by atoms with Crippen molar-refractivity contribution in [2.75, 3.05) is 0 Å². The zero-order valence-corrected chi connectivity index (χ0v) is 8.62. The number of Topliss-reactive ketones (excluding diaryl/α,β-unsaturated/α-hetero) is 1. The van der Waals surface area contributed by atoms with Gasteiger partial charge in [0.05, 0.1) is 0 Å². The molecule has 1 heteroatoms. The van der Waals surface area contributed by atoms with Gasteiger partial charge in [-0.3, -0.25) is 4.79 Å². The summed E-state index contributed by atoms with van der Waals surface area (Å²) in [7, 11) is 0. The fourth-order valence-corrected chi connectivity index (χ4v) is 2.25. The van der Waals surface area contributed by atoms with Crippen molar-refractivity contribution in [3.63, 3.8) is 0 Å². The first-order valence-corrected chi connectivity index (χ1v) is 5.34. The number of hydrogen-bond donors (Lipinski definition) is 0. The summed E-state index contributed by atoms with van der Waals surface area (Å²) in [5.74, 6) is 0.611. The molecule has 0 spiro atoms. The highest BCUT2D eigenvalue weighted by atomic mass is 16.1. The van der Waals surface area contributed by atoms with Crippen LogP contribution in [0.15, 0.2) is 24.3 Å². The van der Waals surface area contributed by atoms with Crippen molar-refractivity contribution in [1.29, 1.82) is 0 Å². The van der Waals surface area contributed by atoms with Gasteiger partial charge in [0.1, 0.15) is 5.78 Å². The van der Waals surface area contributed by atoms with Gasteiger partial charge in [0.2, 0.25) is 0 Å². The first-order chi connectivity index (χ1) is 6.77. The van der Waals surface area contributed by atoms with E-state index in [1.165, 1.54) is 11.1 Å². The fraction of sp³-hybridized carbons (Fsp3) is 0.462. The standard InChI is InChI=1S/C13H16O/c1-10(14)12-8-4-7-11-5-2-3-6-13(11)9-12/h2-3,5-6,12H,4,7-9H2,1H3. The lowest BCUT2D eigenvalue weighted by atomic mass is 9.94. The Morgan fingerprint density at radius 1 is 1.29 bits per heavy atom. The van der Waals surface area contributed by atoms with Gasteiger partial charge in [-0.15, -0.1) is 0 Å². The number of aryl methyl sites for hydroxylation is 1. The van der Waals surface area contributed by atoms with Crippen LogP contribution in [0.5, 0.6) is 0 Å². The monoisotopic (exact) mass is 188 g/mol. The van der Waals surface area contributed by atoms with Gasteiger partial charge in [0, 0.05) is 5.92 Å². The largest absolute Gasteiger partial charge is 0.300 e. The lowest BCUT2D eigenvalue weighted by molar-refractivity contribution is -0.120. The first kappa shape index (κ1) is 9.45. The van der Waals surface area contributed by atoms with Crippen LogP contribution in [0.1, 0.15) is 30.9 Å². The third kappa shape index (κ3) is 1.87. The van der Waals surface area contributed by atoms with Gasteiger partial charge in [-0.2, -0.15) is 0 Å². The summed E-state index contributed by atoms with van der Waals surface area (Å²) in [5, 5.41) is 0. The Morgan fingerprint density at radius 2 is 2.00 bits per heavy atom. The average molecular weight is 188 g/mol. The summed E-state index contributed by atoms with van der Waals surface area (Å²) in [4.78, 5) is 11.4. The third-order valence-electron chi connectivity index (χ3n) is 3.16. The van der Waals surface area contributed by atoms with Crippen molar-refractivity contribution in [3.05, 3.63) is 35.4 Å². The topological polar surface area (TPSA) is 17.1 Å². The Balaban J connectivity index is 2.26. The Hall–Kier alpha value is -1.11. The number of rotatable bonds is 1. The average Bonchev–Trinajstić information content (AvgIpc) is 2.39. The minimum absolute atomic E-state index is 0.263. The van der Waals surface area contributed by atoms with E-state index in [9.17, 15) is 4.79 Å². The lowest BCUT2D eigenvalue weighted by Gasteiger charge is -2.10. The first-order valence-electron chi connectivity index (χ1n) is 5.34. The number of carbonyl (C=O) groups is 1. The van der Waals surface area contributed by atoms with Crippen LogP contribution in [0.2, 0.25) is 0 Å². The zero-order valence-electron chi connectivity index (χ0n) is 8.62. The van der Waals surface area contributed by atoms with Crippen molar-refractivity contribution < 1.29 is 4.79 Å². The zero-order chi connectivity index (χ0) is 9.97. The van der Waals surface area contributed by atoms with E-state index in [1.54, 1.807) is 6.92 Å². The molecule has 0 N–H and O–H groups in total. The Morgan fingerprint density at radius 3 is 2.71 bits per heavy atom. The summed E-state index contributed by atoms with van der Waals surface area (Å²) in [6.07, 6.45) is 4.30. The quantitative estimate of drug-likeness (QED) is 0.619. The predicted molar refractivity (Wildman–Crippen MR) is 57.3 cm³/mol. The highest BCUT2D eigenvalue weighted by Gasteiger charge is 2.19. The second-order valence-electron chi connectivity index (χ2n) is 4.17. The summed E-state index contributed by atoms with van der Waals surface area (Å²) in [6, 6.07) is 8.52. The summed E-state index contributed by atoms with van der Waals surface area (Å²) in [5.41, 5.74) is 2.82. The molecule has 1 atom stereocenters. The molecule has 1 aromatic carbocycles. The molecular formula is C13H16O. The van der Waals surface area contributed by atoms with Crippen LogP contribution >= 0.6 is 0 Å². The molecule has 0 aliphatic heterocycles. The molecule has 0 saturated heterocycles. The summed E-state index contributed by atoms with van der Waals surface area (Å²) in [6.45, 7) is 1.72. The fourth-order valence-electron chi connectivity index (χ4n) is 2.25. The van der Waals surface area contributed by atoms with E-state index in [0.717, 1.165) is 25.7 Å². The molecule has 74 valence electrons. The number of carbonyl (C=O) groups excluding carboxylic acids is 1. The third-order valence-corrected chi connectivity index (χ3v) is 3.16. The van der Waals surface area contributed by atoms with Gasteiger partial charge in [-0.1, -0.05) is 24.3 Å². The maximum atomic E-state index is 11.4. The molecule has 1 aliphatic carbocycles. The van der Waals surface area contributed by atoms with Gasteiger partial charge < -0.3 is 0 Å². The second-order valence-corrected chi connectivity index (χ2v) is 4.17. The van der Waals surface area contributed by atoms with E-state index >= 15 is 0 Å². The smallest absolute Gasteiger partial charge is 0.133 e. The van der Waals surface area contributed by atoms with Crippen molar-refractivity contribution >= 4 is 5.78 Å². The Labute approximate surface area is 85.1 Å². The van der Waals surface area contributed by atoms with Gasteiger partial charge in [0.25, 0.3) is 0 Å². The van der Waals surface area contributed by atoms with Gasteiger partial charge in [0.15, 0.2) is 0 Å². The molecule has 1 unspecified atom stereocenters. The predicted octanol–water partition coefficient (Wildman–Crippen LogP) is 2.77. The maximum Gasteiger partial charge on any atom is 0.133 e. The van der Waals surface area contributed by atoms with Crippen LogP contribution in [-0.2, 0) is 17.6 Å². The summed E-state index contributed by atoms with van der Waals surface area (Å²) < 4.78 is 0. The molecule has 0 radical (unpaired) electrons. The maximum absolute atomic E-state index is 11.4. The van der Waals surface area contributed by atoms with Gasteiger partial charge >= 0.3 is 0 Å². The SMILES string of the molecule is CC(=O)C1CCCc2ccccc2C1. The van der Waals surface area contributed by atoms with Crippen molar-refractivity contribution in [2.45, 2.75) is 32.6 Å². The molecule has 2 rings (SSSR count). The van der Waals surface area contributed by atoms with Crippen molar-refractivity contribution in [3.8, 4) is 0 Å². The number of hydrogen-bond acceptors (Lipinski definition) is 1. The van der Waals surface area contributed by atoms with Crippen LogP contribution in [0.4, 0.5) is 0 Å². The second kappa shape index (κ2) is 3.95. The number of fused-ring (bicyclic) bond motifs is 1. The molecule has 0 fully saturated rings. The number of benzene rings is 1. The van der Waals surface area contributed by atoms with Crippen LogP contribution in [0.25, 0.3) is 0 Å². The highest BCUT2D eigenvalue weighted by molar-refractivity contribution is 5.78. The normalized spacial score (nSPS) is 21.1. The minimum Gasteiger partial charge on any atom is -0.300 e. The van der Waals surface area contributed by atoms with Crippen molar-refractivity contribution in [1.82, 2.24) is 0 Å². The Kier molecular flexibility index (Phi) is 2.67. The van der Waals surface area contributed by atoms with Gasteiger partial charge in [-0.25, -0.2) is 0 Å². The molecule has 1 aromatic rings. The van der Waals surface area contributed by atoms with E-state index in [2.05, 4.69) is 24.3 Å². The van der Waals surface area contributed by atoms with E-state index in [0.29, 0.717) is 5.78 Å². The Bertz CT molecular complexity index is 341. The molecule has 1 nitrogen and oxygen atoms in total. The molecular weight excluding hydrogens is 172 g/mol.